The zero-order chi connectivity index (χ0) is 18.6. The number of carbonyl (C=O) groups excluding carboxylic acids is 1. The van der Waals surface area contributed by atoms with Crippen molar-refractivity contribution in [3.05, 3.63) is 59.9 Å². The van der Waals surface area contributed by atoms with Crippen LogP contribution in [0.1, 0.15) is 35.7 Å². The highest BCUT2D eigenvalue weighted by atomic mass is 32.2. The lowest BCUT2D eigenvalue weighted by Gasteiger charge is -2.15. The molecular formula is C18H20N4O3S. The number of carbonyl (C=O) groups is 1. The average Bonchev–Trinajstić information content (AvgIpc) is 3.22. The SMILES string of the molecule is C/C(=N/NC(=O)c1ccc(S(=O)(=O)N2CCCC2)cc1)c1ccncc1. The second kappa shape index (κ2) is 7.76. The van der Waals surface area contributed by atoms with Crippen LogP contribution in [-0.2, 0) is 10.0 Å². The van der Waals surface area contributed by atoms with Gasteiger partial charge in [-0.1, -0.05) is 0 Å². The second-order valence-corrected chi connectivity index (χ2v) is 7.95. The van der Waals surface area contributed by atoms with Crippen molar-refractivity contribution in [1.82, 2.24) is 14.7 Å². The van der Waals surface area contributed by atoms with Crippen LogP contribution in [-0.4, -0.2) is 42.4 Å². The van der Waals surface area contributed by atoms with E-state index in [1.54, 1.807) is 31.5 Å². The predicted octanol–water partition coefficient (Wildman–Crippen LogP) is 2.02. The van der Waals surface area contributed by atoms with Gasteiger partial charge in [0.1, 0.15) is 0 Å². The molecular weight excluding hydrogens is 352 g/mol. The van der Waals surface area contributed by atoms with Crippen LogP contribution in [0, 0.1) is 0 Å². The normalized spacial score (nSPS) is 15.8. The number of hydrogen-bond acceptors (Lipinski definition) is 5. The van der Waals surface area contributed by atoms with E-state index >= 15 is 0 Å². The first-order chi connectivity index (χ1) is 12.5. The van der Waals surface area contributed by atoms with Gasteiger partial charge >= 0.3 is 0 Å². The summed E-state index contributed by atoms with van der Waals surface area (Å²) in [5.74, 6) is -0.400. The van der Waals surface area contributed by atoms with Crippen molar-refractivity contribution in [2.24, 2.45) is 5.10 Å². The van der Waals surface area contributed by atoms with Gasteiger partial charge in [0.25, 0.3) is 5.91 Å². The van der Waals surface area contributed by atoms with E-state index < -0.39 is 15.9 Å². The van der Waals surface area contributed by atoms with Crippen molar-refractivity contribution in [3.63, 3.8) is 0 Å². The molecule has 1 aliphatic rings. The van der Waals surface area contributed by atoms with Crippen LogP contribution in [0.2, 0.25) is 0 Å². The quantitative estimate of drug-likeness (QED) is 0.642. The van der Waals surface area contributed by atoms with E-state index in [1.807, 2.05) is 0 Å². The number of pyridine rings is 1. The average molecular weight is 372 g/mol. The summed E-state index contributed by atoms with van der Waals surface area (Å²) < 4.78 is 26.4. The molecule has 0 aliphatic carbocycles. The maximum atomic E-state index is 12.5. The molecule has 7 nitrogen and oxygen atoms in total. The third kappa shape index (κ3) is 3.97. The number of hydrazone groups is 1. The van der Waals surface area contributed by atoms with Crippen LogP contribution >= 0.6 is 0 Å². The third-order valence-corrected chi connectivity index (χ3v) is 6.16. The molecule has 1 aliphatic heterocycles. The summed E-state index contributed by atoms with van der Waals surface area (Å²) in [6.07, 6.45) is 5.06. The molecule has 3 rings (SSSR count). The lowest BCUT2D eigenvalue weighted by molar-refractivity contribution is 0.0954. The maximum absolute atomic E-state index is 12.5. The highest BCUT2D eigenvalue weighted by Gasteiger charge is 2.27. The molecule has 1 amide bonds. The minimum Gasteiger partial charge on any atom is -0.267 e. The molecule has 1 saturated heterocycles. The zero-order valence-corrected chi connectivity index (χ0v) is 15.2. The summed E-state index contributed by atoms with van der Waals surface area (Å²) >= 11 is 0. The summed E-state index contributed by atoms with van der Waals surface area (Å²) in [5.41, 5.74) is 4.32. The molecule has 0 atom stereocenters. The van der Waals surface area contributed by atoms with Crippen molar-refractivity contribution in [1.29, 1.82) is 0 Å². The van der Waals surface area contributed by atoms with Gasteiger partial charge in [-0.25, -0.2) is 13.8 Å². The van der Waals surface area contributed by atoms with Gasteiger partial charge in [0.05, 0.1) is 10.6 Å². The van der Waals surface area contributed by atoms with Crippen molar-refractivity contribution in [2.75, 3.05) is 13.1 Å². The molecule has 8 heteroatoms. The van der Waals surface area contributed by atoms with Crippen molar-refractivity contribution in [3.8, 4) is 0 Å². The van der Waals surface area contributed by atoms with Gasteiger partial charge in [-0.15, -0.1) is 0 Å². The number of nitrogens with one attached hydrogen (secondary N) is 1. The fourth-order valence-corrected chi connectivity index (χ4v) is 4.23. The molecule has 0 bridgehead atoms. The fourth-order valence-electron chi connectivity index (χ4n) is 2.71. The largest absolute Gasteiger partial charge is 0.271 e. The Labute approximate surface area is 152 Å². The maximum Gasteiger partial charge on any atom is 0.271 e. The van der Waals surface area contributed by atoms with E-state index in [4.69, 9.17) is 0 Å². The summed E-state index contributed by atoms with van der Waals surface area (Å²) in [5, 5.41) is 4.07. The summed E-state index contributed by atoms with van der Waals surface area (Å²) in [4.78, 5) is 16.3. The Morgan fingerprint density at radius 1 is 1.04 bits per heavy atom. The third-order valence-electron chi connectivity index (χ3n) is 4.24. The van der Waals surface area contributed by atoms with Gasteiger partial charge in [0.15, 0.2) is 0 Å². The predicted molar refractivity (Wildman–Crippen MR) is 98.3 cm³/mol. The molecule has 136 valence electrons. The van der Waals surface area contributed by atoms with Crippen LogP contribution in [0.5, 0.6) is 0 Å². The molecule has 0 saturated carbocycles. The number of amides is 1. The highest BCUT2D eigenvalue weighted by molar-refractivity contribution is 7.89. The van der Waals surface area contributed by atoms with Gasteiger partial charge in [-0.3, -0.25) is 9.78 Å². The first kappa shape index (κ1) is 18.2. The number of hydrogen-bond donors (Lipinski definition) is 1. The van der Waals surface area contributed by atoms with Crippen LogP contribution in [0.3, 0.4) is 0 Å². The Morgan fingerprint density at radius 3 is 2.27 bits per heavy atom. The molecule has 0 radical (unpaired) electrons. The van der Waals surface area contributed by atoms with Gasteiger partial charge in [0, 0.05) is 36.6 Å². The van der Waals surface area contributed by atoms with Gasteiger partial charge in [0.2, 0.25) is 10.0 Å². The van der Waals surface area contributed by atoms with Crippen LogP contribution < -0.4 is 5.43 Å². The molecule has 1 aromatic heterocycles. The summed E-state index contributed by atoms with van der Waals surface area (Å²) in [6.45, 7) is 2.88. The van der Waals surface area contributed by atoms with Gasteiger partial charge in [-0.05, 0) is 56.2 Å². The van der Waals surface area contributed by atoms with Gasteiger partial charge < -0.3 is 0 Å². The van der Waals surface area contributed by atoms with Crippen LogP contribution in [0.4, 0.5) is 0 Å². The van der Waals surface area contributed by atoms with Crippen molar-refractivity contribution in [2.45, 2.75) is 24.7 Å². The fraction of sp³-hybridized carbons (Fsp3) is 0.278. The number of aromatic nitrogens is 1. The standard InChI is InChI=1S/C18H20N4O3S/c1-14(15-8-10-19-11-9-15)20-21-18(23)16-4-6-17(7-5-16)26(24,25)22-12-2-3-13-22/h4-11H,2-3,12-13H2,1H3,(H,21,23)/b20-14-. The lowest BCUT2D eigenvalue weighted by atomic mass is 10.2. The number of benzene rings is 1. The van der Waals surface area contributed by atoms with Crippen LogP contribution in [0.15, 0.2) is 58.8 Å². The topological polar surface area (TPSA) is 91.7 Å². The molecule has 1 fully saturated rings. The van der Waals surface area contributed by atoms with E-state index in [-0.39, 0.29) is 4.90 Å². The molecule has 26 heavy (non-hydrogen) atoms. The molecule has 1 aromatic carbocycles. The van der Waals surface area contributed by atoms with Crippen LogP contribution in [0.25, 0.3) is 0 Å². The first-order valence-electron chi connectivity index (χ1n) is 8.34. The Morgan fingerprint density at radius 2 is 1.65 bits per heavy atom. The van der Waals surface area contributed by atoms with E-state index in [0.29, 0.717) is 24.4 Å². The number of sulfonamides is 1. The molecule has 1 N–H and O–H groups in total. The van der Waals surface area contributed by atoms with Crippen molar-refractivity contribution < 1.29 is 13.2 Å². The van der Waals surface area contributed by atoms with Crippen molar-refractivity contribution >= 4 is 21.6 Å². The zero-order valence-electron chi connectivity index (χ0n) is 14.4. The van der Waals surface area contributed by atoms with E-state index in [1.165, 1.54) is 28.6 Å². The number of nitrogens with zero attached hydrogens (tertiary/aromatic N) is 3. The molecule has 0 spiro atoms. The van der Waals surface area contributed by atoms with E-state index in [0.717, 1.165) is 18.4 Å². The molecule has 0 unspecified atom stereocenters. The Bertz CT molecular complexity index is 903. The molecule has 2 heterocycles. The van der Waals surface area contributed by atoms with E-state index in [9.17, 15) is 13.2 Å². The Balaban J connectivity index is 1.69. The highest BCUT2D eigenvalue weighted by Crippen LogP contribution is 2.21. The Kier molecular flexibility index (Phi) is 5.43. The minimum absolute atomic E-state index is 0.201. The smallest absolute Gasteiger partial charge is 0.267 e. The Hall–Kier alpha value is -2.58. The molecule has 2 aromatic rings. The summed E-state index contributed by atoms with van der Waals surface area (Å²) in [6, 6.07) is 9.50. The second-order valence-electron chi connectivity index (χ2n) is 6.01. The first-order valence-corrected chi connectivity index (χ1v) is 9.78. The summed E-state index contributed by atoms with van der Waals surface area (Å²) in [7, 11) is -3.47. The number of rotatable bonds is 5. The van der Waals surface area contributed by atoms with E-state index in [2.05, 4.69) is 15.5 Å². The van der Waals surface area contributed by atoms with Gasteiger partial charge in [-0.2, -0.15) is 9.41 Å². The lowest BCUT2D eigenvalue weighted by Crippen LogP contribution is -2.28. The minimum atomic E-state index is -3.47. The monoisotopic (exact) mass is 372 g/mol.